The molecule has 0 bridgehead atoms. The first kappa shape index (κ1) is 29.9. The summed E-state index contributed by atoms with van der Waals surface area (Å²) < 4.78 is 36.5. The van der Waals surface area contributed by atoms with E-state index in [9.17, 15) is 14.4 Å². The Balaban J connectivity index is 1.43. The molecule has 0 unspecified atom stereocenters. The van der Waals surface area contributed by atoms with E-state index < -0.39 is 23.6 Å². The summed E-state index contributed by atoms with van der Waals surface area (Å²) in [4.78, 5) is 31.8. The van der Waals surface area contributed by atoms with Gasteiger partial charge in [-0.15, -0.1) is 0 Å². The number of nitrogens with zero attached hydrogens (tertiary/aromatic N) is 7. The van der Waals surface area contributed by atoms with E-state index in [1.165, 1.54) is 10.5 Å². The first-order valence-electron chi connectivity index (χ1n) is 15.2. The quantitative estimate of drug-likeness (QED) is 0.351. The number of amides is 1. The van der Waals surface area contributed by atoms with Gasteiger partial charge < -0.3 is 19.4 Å². The number of likely N-dealkylation sites (N-methyl/N-ethyl adjacent to an activating group) is 1. The number of rotatable bonds is 7. The second kappa shape index (κ2) is 11.7. The molecule has 230 valence electrons. The van der Waals surface area contributed by atoms with Gasteiger partial charge >= 0.3 is 6.01 Å². The lowest BCUT2D eigenvalue weighted by atomic mass is 9.86. The minimum Gasteiger partial charge on any atom is -0.462 e. The molecule has 9 nitrogen and oxygen atoms in total. The number of ether oxygens (including phenoxy) is 1. The number of hydrogen-bond acceptors (Lipinski definition) is 8. The zero-order chi connectivity index (χ0) is 31.2. The minimum atomic E-state index is -1.07. The number of aromatic nitrogens is 3. The normalized spacial score (nSPS) is 21.4. The molecule has 0 radical (unpaired) electrons. The summed E-state index contributed by atoms with van der Waals surface area (Å²) in [5.74, 6) is -2.06. The summed E-state index contributed by atoms with van der Waals surface area (Å²) in [6.07, 6.45) is 5.46. The van der Waals surface area contributed by atoms with Crippen LogP contribution in [0, 0.1) is 17.1 Å². The molecule has 2 fully saturated rings. The summed E-state index contributed by atoms with van der Waals surface area (Å²) >= 11 is 0. The summed E-state index contributed by atoms with van der Waals surface area (Å²) in [6.45, 7) is 9.50. The molecule has 0 saturated carbocycles. The maximum atomic E-state index is 16.6. The number of anilines is 1. The van der Waals surface area contributed by atoms with Crippen LogP contribution in [0.25, 0.3) is 22.2 Å². The van der Waals surface area contributed by atoms with Crippen LogP contribution >= 0.6 is 0 Å². The Morgan fingerprint density at radius 2 is 2.05 bits per heavy atom. The molecule has 44 heavy (non-hydrogen) atoms. The van der Waals surface area contributed by atoms with Crippen LogP contribution in [0.5, 0.6) is 6.01 Å². The van der Waals surface area contributed by atoms with E-state index in [2.05, 4.69) is 47.4 Å². The average Bonchev–Trinajstić information content (AvgIpc) is 3.57. The number of carbonyl (C=O) groups is 1. The molecule has 6 rings (SSSR count). The highest BCUT2D eigenvalue weighted by Crippen LogP contribution is 2.43. The van der Waals surface area contributed by atoms with Gasteiger partial charge in [0.15, 0.2) is 11.6 Å². The van der Waals surface area contributed by atoms with Crippen molar-refractivity contribution >= 4 is 22.6 Å². The highest BCUT2D eigenvalue weighted by atomic mass is 19.1. The Bertz CT molecular complexity index is 1670. The predicted molar refractivity (Wildman–Crippen MR) is 163 cm³/mol. The van der Waals surface area contributed by atoms with Crippen LogP contribution in [0.15, 0.2) is 36.8 Å². The topological polar surface area (TPSA) is 98.5 Å². The van der Waals surface area contributed by atoms with Crippen LogP contribution in [-0.2, 0) is 16.6 Å². The summed E-state index contributed by atoms with van der Waals surface area (Å²) in [7, 11) is 2.05. The van der Waals surface area contributed by atoms with Gasteiger partial charge in [-0.2, -0.15) is 15.2 Å². The zero-order valence-corrected chi connectivity index (χ0v) is 25.4. The van der Waals surface area contributed by atoms with Crippen molar-refractivity contribution in [2.75, 3.05) is 44.7 Å². The van der Waals surface area contributed by atoms with Crippen molar-refractivity contribution in [1.82, 2.24) is 24.8 Å². The van der Waals surface area contributed by atoms with Crippen LogP contribution in [-0.4, -0.2) is 82.6 Å². The number of pyridine rings is 1. The monoisotopic (exact) mass is 601 g/mol. The van der Waals surface area contributed by atoms with E-state index in [1.54, 1.807) is 6.20 Å². The fourth-order valence-electron chi connectivity index (χ4n) is 6.91. The first-order chi connectivity index (χ1) is 21.1. The van der Waals surface area contributed by atoms with Crippen LogP contribution in [0.3, 0.4) is 0 Å². The second-order valence-corrected chi connectivity index (χ2v) is 12.7. The lowest BCUT2D eigenvalue weighted by Gasteiger charge is -2.41. The molecule has 4 heterocycles. The van der Waals surface area contributed by atoms with E-state index in [-0.39, 0.29) is 54.7 Å². The number of nitriles is 1. The van der Waals surface area contributed by atoms with Gasteiger partial charge in [-0.1, -0.05) is 38.6 Å². The molecule has 1 aromatic carbocycles. The SMILES string of the molecule is C=C(F)C(=O)N1CCN(c2nc(OC[C@@H]3CCCN3C)nc3c(F)c(-c4cccc5c4CCC5(C)C)ncc23)C[C@@H]1CC#N. The number of halogens is 2. The molecule has 2 atom stereocenters. The molecule has 2 saturated heterocycles. The number of likely N-dealkylation sites (tertiary alicyclic amines) is 1. The molecule has 3 aliphatic rings. The lowest BCUT2D eigenvalue weighted by molar-refractivity contribution is -0.131. The molecule has 0 spiro atoms. The van der Waals surface area contributed by atoms with E-state index >= 15 is 4.39 Å². The molecule has 1 amide bonds. The average molecular weight is 602 g/mol. The van der Waals surface area contributed by atoms with Gasteiger partial charge in [0.05, 0.1) is 23.9 Å². The van der Waals surface area contributed by atoms with Crippen molar-refractivity contribution in [3.05, 3.63) is 53.7 Å². The van der Waals surface area contributed by atoms with Crippen molar-refractivity contribution < 1.29 is 18.3 Å². The number of carbonyl (C=O) groups excluding carboxylic acids is 1. The van der Waals surface area contributed by atoms with Crippen LogP contribution < -0.4 is 9.64 Å². The molecule has 0 N–H and O–H groups in total. The Hall–Kier alpha value is -4.17. The van der Waals surface area contributed by atoms with E-state index in [4.69, 9.17) is 9.72 Å². The van der Waals surface area contributed by atoms with Gasteiger partial charge in [-0.3, -0.25) is 9.78 Å². The Morgan fingerprint density at radius 1 is 1.23 bits per heavy atom. The zero-order valence-electron chi connectivity index (χ0n) is 25.4. The molecule has 11 heteroatoms. The van der Waals surface area contributed by atoms with Gasteiger partial charge in [-0.05, 0) is 55.8 Å². The Labute approximate surface area is 256 Å². The van der Waals surface area contributed by atoms with Gasteiger partial charge in [0.2, 0.25) is 0 Å². The molecule has 2 aliphatic heterocycles. The minimum absolute atomic E-state index is 0.000422. The van der Waals surface area contributed by atoms with Gasteiger partial charge in [0, 0.05) is 37.4 Å². The van der Waals surface area contributed by atoms with Crippen molar-refractivity contribution in [3.8, 4) is 23.3 Å². The predicted octanol–water partition coefficient (Wildman–Crippen LogP) is 4.94. The lowest BCUT2D eigenvalue weighted by Crippen LogP contribution is -2.55. The summed E-state index contributed by atoms with van der Waals surface area (Å²) in [6, 6.07) is 7.71. The van der Waals surface area contributed by atoms with Crippen LogP contribution in [0.2, 0.25) is 0 Å². The number of fused-ring (bicyclic) bond motifs is 2. The van der Waals surface area contributed by atoms with Crippen LogP contribution in [0.4, 0.5) is 14.6 Å². The highest BCUT2D eigenvalue weighted by Gasteiger charge is 2.35. The van der Waals surface area contributed by atoms with Gasteiger partial charge in [-0.25, -0.2) is 8.78 Å². The van der Waals surface area contributed by atoms with E-state index in [1.807, 2.05) is 24.1 Å². The third kappa shape index (κ3) is 5.36. The molecular weight excluding hydrogens is 564 g/mol. The number of hydrogen-bond donors (Lipinski definition) is 0. The third-order valence-electron chi connectivity index (χ3n) is 9.48. The summed E-state index contributed by atoms with van der Waals surface area (Å²) in [5, 5.41) is 9.86. The summed E-state index contributed by atoms with van der Waals surface area (Å²) in [5.41, 5.74) is 3.40. The smallest absolute Gasteiger partial charge is 0.319 e. The molecule has 1 aliphatic carbocycles. The van der Waals surface area contributed by atoms with Gasteiger partial charge in [0.25, 0.3) is 5.91 Å². The number of piperazine rings is 1. The van der Waals surface area contributed by atoms with Crippen molar-refractivity contribution in [2.45, 2.75) is 63.5 Å². The second-order valence-electron chi connectivity index (χ2n) is 12.7. The van der Waals surface area contributed by atoms with E-state index in [0.717, 1.165) is 43.4 Å². The van der Waals surface area contributed by atoms with Crippen molar-refractivity contribution in [2.24, 2.45) is 0 Å². The molecular formula is C33H37F2N7O2. The van der Waals surface area contributed by atoms with Crippen LogP contribution in [0.1, 0.15) is 50.7 Å². The Kier molecular flexibility index (Phi) is 7.97. The van der Waals surface area contributed by atoms with E-state index in [0.29, 0.717) is 17.8 Å². The van der Waals surface area contributed by atoms with Crippen molar-refractivity contribution in [1.29, 1.82) is 5.26 Å². The largest absolute Gasteiger partial charge is 0.462 e. The maximum absolute atomic E-state index is 16.6. The molecule has 3 aromatic rings. The Morgan fingerprint density at radius 3 is 2.77 bits per heavy atom. The first-order valence-corrected chi connectivity index (χ1v) is 15.2. The van der Waals surface area contributed by atoms with Gasteiger partial charge in [0.1, 0.15) is 23.6 Å². The fraction of sp³-hybridized carbons (Fsp3) is 0.485. The highest BCUT2D eigenvalue weighted by molar-refractivity contribution is 5.93. The van der Waals surface area contributed by atoms with Crippen molar-refractivity contribution in [3.63, 3.8) is 0 Å². The number of benzene rings is 1. The third-order valence-corrected chi connectivity index (χ3v) is 9.48. The standard InChI is InChI=1S/C33H37F2N7O2/c1-20(34)31(43)42-16-15-41(18-21(42)11-13-36)30-25-17-37-28(24-8-5-9-26-23(24)10-12-33(26,2)3)27(35)29(25)38-32(39-30)44-19-22-7-6-14-40(22)4/h5,8-9,17,21-22H,1,6-7,10-12,14-16,18-19H2,2-4H3/t21-,22-/m0/s1. The fourth-order valence-corrected chi connectivity index (χ4v) is 6.91. The maximum Gasteiger partial charge on any atom is 0.319 e. The molecule has 2 aromatic heterocycles.